The molecule has 0 amide bonds. The number of alkyl halides is 3. The fourth-order valence-electron chi connectivity index (χ4n) is 4.04. The molecule has 1 atom stereocenters. The van der Waals surface area contributed by atoms with Gasteiger partial charge in [-0.1, -0.05) is 18.2 Å². The Morgan fingerprint density at radius 2 is 1.72 bits per heavy atom. The Morgan fingerprint density at radius 1 is 1.08 bits per heavy atom. The molecule has 0 aromatic heterocycles. The van der Waals surface area contributed by atoms with Crippen LogP contribution >= 0.6 is 0 Å². The number of nitriles is 1. The Balaban J connectivity index is 2.34. The molecule has 2 N–H and O–H groups in total. The van der Waals surface area contributed by atoms with E-state index in [1.165, 1.54) is 36.1 Å². The number of nitrogens with two attached hydrogens (primary N) is 1. The monoisotopic (exact) mass is 499 g/mol. The topological polar surface area (TPSA) is 106 Å². The van der Waals surface area contributed by atoms with Gasteiger partial charge in [-0.3, -0.25) is 0 Å². The zero-order chi connectivity index (χ0) is 26.8. The van der Waals surface area contributed by atoms with Gasteiger partial charge in [-0.2, -0.15) is 18.4 Å². The molecule has 2 aromatic rings. The third-order valence-electron chi connectivity index (χ3n) is 5.59. The van der Waals surface area contributed by atoms with Crippen LogP contribution in [-0.2, 0) is 25.2 Å². The Hall–Kier alpha value is -4.26. The van der Waals surface area contributed by atoms with Gasteiger partial charge in [0.05, 0.1) is 47.5 Å². The van der Waals surface area contributed by atoms with E-state index in [-0.39, 0.29) is 28.4 Å². The molecular formula is C26H24F3N3O4. The zero-order valence-electron chi connectivity index (χ0n) is 20.0. The van der Waals surface area contributed by atoms with E-state index < -0.39 is 35.7 Å². The summed E-state index contributed by atoms with van der Waals surface area (Å²) in [6.45, 7) is 4.79. The second-order valence-corrected chi connectivity index (χ2v) is 8.29. The summed E-state index contributed by atoms with van der Waals surface area (Å²) in [5.74, 6) is -2.91. The van der Waals surface area contributed by atoms with Crippen molar-refractivity contribution in [3.63, 3.8) is 0 Å². The molecule has 3 rings (SSSR count). The number of methoxy groups -OCH3 is 1. The lowest BCUT2D eigenvalue weighted by molar-refractivity contribution is -0.143. The van der Waals surface area contributed by atoms with Crippen LogP contribution in [0.2, 0.25) is 0 Å². The average molecular weight is 499 g/mol. The highest BCUT2D eigenvalue weighted by Crippen LogP contribution is 2.44. The molecule has 0 bridgehead atoms. The van der Waals surface area contributed by atoms with Crippen molar-refractivity contribution in [3.8, 4) is 6.07 Å². The highest BCUT2D eigenvalue weighted by Gasteiger charge is 2.42. The predicted octanol–water partition coefficient (Wildman–Crippen LogP) is 4.75. The van der Waals surface area contributed by atoms with Crippen LogP contribution in [0, 0.1) is 11.3 Å². The molecule has 1 unspecified atom stereocenters. The predicted molar refractivity (Wildman–Crippen MR) is 125 cm³/mol. The first kappa shape index (κ1) is 26.3. The molecule has 1 aliphatic heterocycles. The third-order valence-corrected chi connectivity index (χ3v) is 5.59. The third kappa shape index (κ3) is 5.05. The minimum Gasteiger partial charge on any atom is -0.466 e. The molecule has 7 nitrogen and oxygen atoms in total. The molecule has 36 heavy (non-hydrogen) atoms. The van der Waals surface area contributed by atoms with Crippen molar-refractivity contribution in [2.45, 2.75) is 39.0 Å². The number of ether oxygens (including phenoxy) is 2. The number of carbonyl (C=O) groups is 2. The average Bonchev–Trinajstić information content (AvgIpc) is 2.82. The van der Waals surface area contributed by atoms with Gasteiger partial charge in [0.15, 0.2) is 0 Å². The Bertz CT molecular complexity index is 1290. The molecule has 0 spiro atoms. The van der Waals surface area contributed by atoms with E-state index in [2.05, 4.69) is 0 Å². The van der Waals surface area contributed by atoms with Gasteiger partial charge in [-0.05, 0) is 56.7 Å². The van der Waals surface area contributed by atoms with E-state index in [1.807, 2.05) is 6.07 Å². The second kappa shape index (κ2) is 10.2. The molecule has 0 saturated carbocycles. The van der Waals surface area contributed by atoms with Gasteiger partial charge in [0, 0.05) is 11.4 Å². The van der Waals surface area contributed by atoms with Crippen LogP contribution in [-0.4, -0.2) is 25.2 Å². The highest BCUT2D eigenvalue weighted by atomic mass is 19.4. The van der Waals surface area contributed by atoms with E-state index in [0.29, 0.717) is 11.1 Å². The molecule has 0 saturated heterocycles. The lowest BCUT2D eigenvalue weighted by atomic mass is 9.80. The van der Waals surface area contributed by atoms with Gasteiger partial charge in [0.25, 0.3) is 0 Å². The first-order valence-electron chi connectivity index (χ1n) is 10.9. The molecule has 0 fully saturated rings. The van der Waals surface area contributed by atoms with Crippen LogP contribution in [0.5, 0.6) is 0 Å². The second-order valence-electron chi connectivity index (χ2n) is 8.29. The number of carbonyl (C=O) groups excluding carboxylic acids is 2. The van der Waals surface area contributed by atoms with E-state index in [1.54, 1.807) is 26.0 Å². The van der Waals surface area contributed by atoms with Gasteiger partial charge < -0.3 is 20.1 Å². The molecule has 10 heteroatoms. The number of benzene rings is 2. The molecule has 188 valence electrons. The summed E-state index contributed by atoms with van der Waals surface area (Å²) in [6, 6.07) is 12.5. The fraction of sp³-hybridized carbons (Fsp3) is 0.269. The van der Waals surface area contributed by atoms with Crippen LogP contribution in [0.25, 0.3) is 0 Å². The Labute approximate surface area is 206 Å². The molecule has 2 aromatic carbocycles. The maximum Gasteiger partial charge on any atom is 0.416 e. The molecule has 1 heterocycles. The summed E-state index contributed by atoms with van der Waals surface area (Å²) in [5.41, 5.74) is 6.30. The van der Waals surface area contributed by atoms with Crippen molar-refractivity contribution in [3.05, 3.63) is 87.9 Å². The van der Waals surface area contributed by atoms with Gasteiger partial charge in [0.1, 0.15) is 5.82 Å². The molecule has 1 aliphatic rings. The van der Waals surface area contributed by atoms with Gasteiger partial charge >= 0.3 is 18.1 Å². The van der Waals surface area contributed by atoms with Crippen LogP contribution in [0.15, 0.2) is 71.2 Å². The van der Waals surface area contributed by atoms with Crippen LogP contribution in [0.4, 0.5) is 18.9 Å². The minimum atomic E-state index is -4.63. The molecule has 0 radical (unpaired) electrons. The van der Waals surface area contributed by atoms with Gasteiger partial charge in [-0.25, -0.2) is 9.59 Å². The summed E-state index contributed by atoms with van der Waals surface area (Å²) >= 11 is 0. The summed E-state index contributed by atoms with van der Waals surface area (Å²) < 4.78 is 50.7. The molecule has 0 aliphatic carbocycles. The number of allylic oxidation sites excluding steroid dienone is 1. The number of hydrogen-bond acceptors (Lipinski definition) is 7. The largest absolute Gasteiger partial charge is 0.466 e. The van der Waals surface area contributed by atoms with Crippen LogP contribution in [0.1, 0.15) is 43.4 Å². The zero-order valence-corrected chi connectivity index (χ0v) is 20.0. The fourth-order valence-corrected chi connectivity index (χ4v) is 4.04. The van der Waals surface area contributed by atoms with Crippen LogP contribution < -0.4 is 10.6 Å². The van der Waals surface area contributed by atoms with Crippen molar-refractivity contribution in [2.24, 2.45) is 5.73 Å². The molecular weight excluding hydrogens is 475 g/mol. The van der Waals surface area contributed by atoms with Crippen LogP contribution in [0.3, 0.4) is 0 Å². The number of nitrogens with zero attached hydrogens (tertiary/aromatic N) is 2. The normalized spacial score (nSPS) is 16.2. The lowest BCUT2D eigenvalue weighted by Gasteiger charge is -2.37. The Kier molecular flexibility index (Phi) is 7.43. The first-order chi connectivity index (χ1) is 16.9. The van der Waals surface area contributed by atoms with Crippen molar-refractivity contribution in [1.29, 1.82) is 5.26 Å². The summed E-state index contributed by atoms with van der Waals surface area (Å²) in [6.07, 6.45) is -5.15. The van der Waals surface area contributed by atoms with E-state index in [9.17, 15) is 22.8 Å². The summed E-state index contributed by atoms with van der Waals surface area (Å²) in [4.78, 5) is 27.5. The Morgan fingerprint density at radius 3 is 2.25 bits per heavy atom. The number of halogens is 3. The maximum atomic E-state index is 13.4. The number of esters is 2. The minimum absolute atomic E-state index is 0.000388. The van der Waals surface area contributed by atoms with Crippen molar-refractivity contribution >= 4 is 17.6 Å². The quantitative estimate of drug-likeness (QED) is 0.592. The SMILES string of the molecule is COC(=O)C1=C(N)N(c2cccc(C(F)(F)F)c2)C(C)=C(C(=O)OC(C)C)C1c1ccc(C#N)cc1. The van der Waals surface area contributed by atoms with Gasteiger partial charge in [0.2, 0.25) is 0 Å². The van der Waals surface area contributed by atoms with E-state index >= 15 is 0 Å². The van der Waals surface area contributed by atoms with E-state index in [0.717, 1.165) is 19.2 Å². The van der Waals surface area contributed by atoms with Gasteiger partial charge in [-0.15, -0.1) is 0 Å². The standard InChI is InChI=1S/C26H24F3N3O4/c1-14(2)36-25(34)20-15(3)32(19-7-5-6-18(12-19)26(27,28)29)23(31)22(24(33)35-4)21(20)17-10-8-16(13-30)9-11-17/h5-12,14,21H,31H2,1-4H3. The summed E-state index contributed by atoms with van der Waals surface area (Å²) in [5, 5.41) is 9.16. The maximum absolute atomic E-state index is 13.4. The number of rotatable bonds is 5. The summed E-state index contributed by atoms with van der Waals surface area (Å²) in [7, 11) is 1.13. The number of anilines is 1. The smallest absolute Gasteiger partial charge is 0.416 e. The highest BCUT2D eigenvalue weighted by molar-refractivity contribution is 6.01. The van der Waals surface area contributed by atoms with Crippen molar-refractivity contribution < 1.29 is 32.2 Å². The number of hydrogen-bond donors (Lipinski definition) is 1. The first-order valence-corrected chi connectivity index (χ1v) is 10.9. The lowest BCUT2D eigenvalue weighted by Crippen LogP contribution is -2.39. The van der Waals surface area contributed by atoms with E-state index in [4.69, 9.17) is 20.5 Å². The van der Waals surface area contributed by atoms with Crippen molar-refractivity contribution in [2.75, 3.05) is 12.0 Å². The van der Waals surface area contributed by atoms with Crippen molar-refractivity contribution in [1.82, 2.24) is 0 Å².